The SMILES string of the molecule is NCCOCCn1ncc(N2CCCCC2)cc1=O. The molecule has 0 spiro atoms. The zero-order chi connectivity index (χ0) is 13.5. The minimum Gasteiger partial charge on any atom is -0.378 e. The highest BCUT2D eigenvalue weighted by molar-refractivity contribution is 5.43. The standard InChI is InChI=1S/C13H22N4O2/c14-4-8-19-9-7-17-13(18)10-12(11-15-17)16-5-2-1-3-6-16/h10-11H,1-9,14H2. The van der Waals surface area contributed by atoms with Gasteiger partial charge < -0.3 is 15.4 Å². The Labute approximate surface area is 113 Å². The van der Waals surface area contributed by atoms with E-state index in [1.165, 1.54) is 23.9 Å². The molecule has 6 heteroatoms. The lowest BCUT2D eigenvalue weighted by Crippen LogP contribution is -2.32. The minimum absolute atomic E-state index is 0.0700. The van der Waals surface area contributed by atoms with Crippen molar-refractivity contribution in [1.29, 1.82) is 0 Å². The number of hydrogen-bond acceptors (Lipinski definition) is 5. The first kappa shape index (κ1) is 14.0. The average Bonchev–Trinajstić information content (AvgIpc) is 2.46. The lowest BCUT2D eigenvalue weighted by Gasteiger charge is -2.28. The Kier molecular flexibility index (Phi) is 5.35. The summed E-state index contributed by atoms with van der Waals surface area (Å²) in [5, 5.41) is 4.20. The van der Waals surface area contributed by atoms with Crippen molar-refractivity contribution >= 4 is 5.69 Å². The number of nitrogens with zero attached hydrogens (tertiary/aromatic N) is 3. The first-order chi connectivity index (χ1) is 9.31. The summed E-state index contributed by atoms with van der Waals surface area (Å²) < 4.78 is 6.69. The molecule has 0 aliphatic carbocycles. The van der Waals surface area contributed by atoms with Gasteiger partial charge in [-0.15, -0.1) is 0 Å². The van der Waals surface area contributed by atoms with Crippen LogP contribution in [0, 0.1) is 0 Å². The average molecular weight is 266 g/mol. The van der Waals surface area contributed by atoms with Crippen LogP contribution in [0.1, 0.15) is 19.3 Å². The van der Waals surface area contributed by atoms with Crippen molar-refractivity contribution < 1.29 is 4.74 Å². The lowest BCUT2D eigenvalue weighted by molar-refractivity contribution is 0.129. The highest BCUT2D eigenvalue weighted by Gasteiger charge is 2.12. The normalized spacial score (nSPS) is 15.7. The molecule has 2 heterocycles. The molecule has 0 unspecified atom stereocenters. The second-order valence-corrected chi connectivity index (χ2v) is 4.72. The molecule has 2 N–H and O–H groups in total. The fraction of sp³-hybridized carbons (Fsp3) is 0.692. The van der Waals surface area contributed by atoms with E-state index < -0.39 is 0 Å². The molecule has 2 rings (SSSR count). The molecule has 0 amide bonds. The molecule has 0 bridgehead atoms. The van der Waals surface area contributed by atoms with Crippen molar-refractivity contribution in [1.82, 2.24) is 9.78 Å². The number of aromatic nitrogens is 2. The van der Waals surface area contributed by atoms with E-state index in [0.717, 1.165) is 18.8 Å². The molecule has 0 saturated carbocycles. The second kappa shape index (κ2) is 7.25. The van der Waals surface area contributed by atoms with Crippen molar-refractivity contribution in [3.63, 3.8) is 0 Å². The van der Waals surface area contributed by atoms with Crippen LogP contribution in [0.2, 0.25) is 0 Å². The Bertz CT molecular complexity index is 441. The van der Waals surface area contributed by atoms with E-state index in [0.29, 0.717) is 26.3 Å². The maximum absolute atomic E-state index is 11.9. The van der Waals surface area contributed by atoms with Crippen molar-refractivity contribution in [2.75, 3.05) is 37.7 Å². The van der Waals surface area contributed by atoms with Gasteiger partial charge in [0, 0.05) is 25.7 Å². The Balaban J connectivity index is 1.94. The van der Waals surface area contributed by atoms with Crippen molar-refractivity contribution in [2.24, 2.45) is 5.73 Å². The highest BCUT2D eigenvalue weighted by atomic mass is 16.5. The molecule has 0 radical (unpaired) electrons. The van der Waals surface area contributed by atoms with Crippen LogP contribution in [0.4, 0.5) is 5.69 Å². The van der Waals surface area contributed by atoms with Gasteiger partial charge in [-0.25, -0.2) is 4.68 Å². The Morgan fingerprint density at radius 1 is 1.26 bits per heavy atom. The summed E-state index contributed by atoms with van der Waals surface area (Å²) in [6, 6.07) is 1.67. The molecular formula is C13H22N4O2. The van der Waals surface area contributed by atoms with Crippen LogP contribution < -0.4 is 16.2 Å². The highest BCUT2D eigenvalue weighted by Crippen LogP contribution is 2.16. The Morgan fingerprint density at radius 2 is 2.05 bits per heavy atom. The molecule has 0 aromatic carbocycles. The van der Waals surface area contributed by atoms with Gasteiger partial charge in [-0.1, -0.05) is 0 Å². The minimum atomic E-state index is -0.0700. The van der Waals surface area contributed by atoms with E-state index in [9.17, 15) is 4.79 Å². The van der Waals surface area contributed by atoms with Gasteiger partial charge in [0.25, 0.3) is 5.56 Å². The molecular weight excluding hydrogens is 244 g/mol. The van der Waals surface area contributed by atoms with Crippen LogP contribution in [-0.2, 0) is 11.3 Å². The summed E-state index contributed by atoms with van der Waals surface area (Å²) in [4.78, 5) is 14.2. The van der Waals surface area contributed by atoms with Gasteiger partial charge in [0.1, 0.15) is 0 Å². The molecule has 1 fully saturated rings. The van der Waals surface area contributed by atoms with Gasteiger partial charge in [0.2, 0.25) is 0 Å². The third kappa shape index (κ3) is 4.04. The Morgan fingerprint density at radius 3 is 2.74 bits per heavy atom. The van der Waals surface area contributed by atoms with Gasteiger partial charge in [0.05, 0.1) is 31.6 Å². The molecule has 1 saturated heterocycles. The summed E-state index contributed by atoms with van der Waals surface area (Å²) in [7, 11) is 0. The number of anilines is 1. The summed E-state index contributed by atoms with van der Waals surface area (Å²) >= 11 is 0. The topological polar surface area (TPSA) is 73.4 Å². The second-order valence-electron chi connectivity index (χ2n) is 4.72. The van der Waals surface area contributed by atoms with E-state index in [2.05, 4.69) is 10.00 Å². The fourth-order valence-electron chi connectivity index (χ4n) is 2.25. The van der Waals surface area contributed by atoms with Crippen molar-refractivity contribution in [2.45, 2.75) is 25.8 Å². The third-order valence-corrected chi connectivity index (χ3v) is 3.29. The summed E-state index contributed by atoms with van der Waals surface area (Å²) in [6.07, 6.45) is 5.43. The maximum atomic E-state index is 11.9. The number of ether oxygens (including phenoxy) is 1. The zero-order valence-electron chi connectivity index (χ0n) is 11.3. The van der Waals surface area contributed by atoms with E-state index >= 15 is 0 Å². The van der Waals surface area contributed by atoms with Crippen LogP contribution in [0.25, 0.3) is 0 Å². The van der Waals surface area contributed by atoms with Gasteiger partial charge in [-0.3, -0.25) is 4.79 Å². The summed E-state index contributed by atoms with van der Waals surface area (Å²) in [5.41, 5.74) is 6.19. The first-order valence-corrected chi connectivity index (χ1v) is 6.91. The van der Waals surface area contributed by atoms with Crippen LogP contribution >= 0.6 is 0 Å². The van der Waals surface area contributed by atoms with E-state index in [4.69, 9.17) is 10.5 Å². The van der Waals surface area contributed by atoms with E-state index in [1.54, 1.807) is 12.3 Å². The summed E-state index contributed by atoms with van der Waals surface area (Å²) in [6.45, 7) is 3.98. The van der Waals surface area contributed by atoms with Crippen molar-refractivity contribution in [3.8, 4) is 0 Å². The number of piperidine rings is 1. The Hall–Kier alpha value is -1.40. The molecule has 1 aliphatic rings. The predicted molar refractivity (Wildman–Crippen MR) is 74.4 cm³/mol. The zero-order valence-corrected chi connectivity index (χ0v) is 11.3. The monoisotopic (exact) mass is 266 g/mol. The van der Waals surface area contributed by atoms with Gasteiger partial charge in [-0.05, 0) is 19.3 Å². The van der Waals surface area contributed by atoms with E-state index in [-0.39, 0.29) is 5.56 Å². The third-order valence-electron chi connectivity index (χ3n) is 3.29. The quantitative estimate of drug-likeness (QED) is 0.745. The van der Waals surface area contributed by atoms with Crippen LogP contribution in [0.5, 0.6) is 0 Å². The van der Waals surface area contributed by atoms with Gasteiger partial charge in [-0.2, -0.15) is 5.10 Å². The molecule has 19 heavy (non-hydrogen) atoms. The molecule has 106 valence electrons. The molecule has 1 aliphatic heterocycles. The first-order valence-electron chi connectivity index (χ1n) is 6.91. The molecule has 1 aromatic heterocycles. The van der Waals surface area contributed by atoms with Gasteiger partial charge >= 0.3 is 0 Å². The predicted octanol–water partition coefficient (Wildman–Crippen LogP) is 0.209. The maximum Gasteiger partial charge on any atom is 0.268 e. The summed E-state index contributed by atoms with van der Waals surface area (Å²) in [5.74, 6) is 0. The van der Waals surface area contributed by atoms with Crippen molar-refractivity contribution in [3.05, 3.63) is 22.6 Å². The smallest absolute Gasteiger partial charge is 0.268 e. The molecule has 0 atom stereocenters. The van der Waals surface area contributed by atoms with Crippen LogP contribution in [0.15, 0.2) is 17.1 Å². The number of rotatable bonds is 6. The van der Waals surface area contributed by atoms with E-state index in [1.807, 2.05) is 0 Å². The number of hydrogen-bond donors (Lipinski definition) is 1. The molecule has 6 nitrogen and oxygen atoms in total. The van der Waals surface area contributed by atoms with Gasteiger partial charge in [0.15, 0.2) is 0 Å². The van der Waals surface area contributed by atoms with Crippen LogP contribution in [0.3, 0.4) is 0 Å². The lowest BCUT2D eigenvalue weighted by atomic mass is 10.1. The van der Waals surface area contributed by atoms with Crippen LogP contribution in [-0.4, -0.2) is 42.6 Å². The largest absolute Gasteiger partial charge is 0.378 e. The molecule has 1 aromatic rings. The number of nitrogens with two attached hydrogens (primary N) is 1. The fourth-order valence-corrected chi connectivity index (χ4v) is 2.25.